The lowest BCUT2D eigenvalue weighted by Gasteiger charge is -2.17. The maximum absolute atomic E-state index is 13.3. The van der Waals surface area contributed by atoms with Crippen molar-refractivity contribution < 1.29 is 13.5 Å². The number of methoxy groups -OCH3 is 1. The Kier molecular flexibility index (Phi) is 5.78. The van der Waals surface area contributed by atoms with Crippen LogP contribution in [0.1, 0.15) is 16.4 Å². The number of rotatable bonds is 7. The molecule has 0 amide bonds. The molecule has 0 saturated carbocycles. The molecule has 0 atom stereocenters. The van der Waals surface area contributed by atoms with Gasteiger partial charge in [0.15, 0.2) is 5.16 Å². The average molecular weight is 361 g/mol. The molecule has 0 spiro atoms. The zero-order valence-electron chi connectivity index (χ0n) is 13.6. The van der Waals surface area contributed by atoms with Gasteiger partial charge in [-0.2, -0.15) is 0 Å². The fourth-order valence-electron chi connectivity index (χ4n) is 2.39. The zero-order chi connectivity index (χ0) is 17.6. The van der Waals surface area contributed by atoms with Crippen molar-refractivity contribution in [3.63, 3.8) is 0 Å². The van der Waals surface area contributed by atoms with E-state index in [0.29, 0.717) is 13.2 Å². The third-order valence-electron chi connectivity index (χ3n) is 3.69. The summed E-state index contributed by atoms with van der Waals surface area (Å²) in [7, 11) is 1.64. The van der Waals surface area contributed by atoms with E-state index in [4.69, 9.17) is 4.74 Å². The average Bonchev–Trinajstić information content (AvgIpc) is 3.07. The summed E-state index contributed by atoms with van der Waals surface area (Å²) < 4.78 is 33.6. The predicted octanol–water partition coefficient (Wildman–Crippen LogP) is 4.08. The number of nitrogens with zero attached hydrogens (tertiary/aromatic N) is 3. The first-order chi connectivity index (χ1) is 12.2. The minimum atomic E-state index is -0.296. The van der Waals surface area contributed by atoms with Crippen LogP contribution in [0.5, 0.6) is 0 Å². The third-order valence-corrected chi connectivity index (χ3v) is 4.99. The number of halogens is 2. The lowest BCUT2D eigenvalue weighted by atomic mass is 10.0. The number of thioether (sulfide) groups is 1. The maximum Gasteiger partial charge on any atom is 0.192 e. The van der Waals surface area contributed by atoms with Crippen LogP contribution in [-0.2, 0) is 11.3 Å². The Balaban J connectivity index is 1.92. The lowest BCUT2D eigenvalue weighted by Crippen LogP contribution is -2.06. The van der Waals surface area contributed by atoms with Crippen molar-refractivity contribution in [2.24, 2.45) is 0 Å². The Morgan fingerprint density at radius 1 is 1.00 bits per heavy atom. The van der Waals surface area contributed by atoms with Crippen LogP contribution in [-0.4, -0.2) is 28.5 Å². The molecule has 2 aromatic carbocycles. The number of benzene rings is 2. The van der Waals surface area contributed by atoms with Gasteiger partial charge >= 0.3 is 0 Å². The van der Waals surface area contributed by atoms with Crippen LogP contribution in [0.2, 0.25) is 0 Å². The molecule has 0 aliphatic carbocycles. The van der Waals surface area contributed by atoms with E-state index in [0.717, 1.165) is 16.3 Å². The molecule has 0 N–H and O–H groups in total. The molecule has 1 heterocycles. The van der Waals surface area contributed by atoms with Crippen molar-refractivity contribution in [3.8, 4) is 0 Å². The Morgan fingerprint density at radius 3 is 2.08 bits per heavy atom. The molecule has 1 aromatic heterocycles. The van der Waals surface area contributed by atoms with E-state index in [1.807, 2.05) is 4.57 Å². The predicted molar refractivity (Wildman–Crippen MR) is 92.4 cm³/mol. The lowest BCUT2D eigenvalue weighted by molar-refractivity contribution is 0.184. The smallest absolute Gasteiger partial charge is 0.192 e. The van der Waals surface area contributed by atoms with Gasteiger partial charge in [0.2, 0.25) is 0 Å². The van der Waals surface area contributed by atoms with Gasteiger partial charge in [0, 0.05) is 13.7 Å². The van der Waals surface area contributed by atoms with E-state index in [1.165, 1.54) is 36.0 Å². The van der Waals surface area contributed by atoms with E-state index >= 15 is 0 Å². The second-order valence-electron chi connectivity index (χ2n) is 5.40. The minimum absolute atomic E-state index is 0.160. The largest absolute Gasteiger partial charge is 0.383 e. The van der Waals surface area contributed by atoms with Crippen LogP contribution in [0.3, 0.4) is 0 Å². The van der Waals surface area contributed by atoms with Crippen LogP contribution in [0.15, 0.2) is 60.0 Å². The molecule has 0 fully saturated rings. The topological polar surface area (TPSA) is 39.9 Å². The van der Waals surface area contributed by atoms with Crippen LogP contribution in [0, 0.1) is 11.6 Å². The molecule has 0 unspecified atom stereocenters. The quantitative estimate of drug-likeness (QED) is 0.595. The van der Waals surface area contributed by atoms with E-state index < -0.39 is 0 Å². The van der Waals surface area contributed by atoms with Crippen molar-refractivity contribution in [3.05, 3.63) is 77.6 Å². The van der Waals surface area contributed by atoms with Crippen molar-refractivity contribution >= 4 is 11.8 Å². The molecule has 3 aromatic rings. The highest BCUT2D eigenvalue weighted by Gasteiger charge is 2.19. The highest BCUT2D eigenvalue weighted by molar-refractivity contribution is 7.99. The Labute approximate surface area is 148 Å². The summed E-state index contributed by atoms with van der Waals surface area (Å²) in [6, 6.07) is 12.6. The fourth-order valence-corrected chi connectivity index (χ4v) is 3.55. The first-order valence-corrected chi connectivity index (χ1v) is 8.59. The molecule has 7 heteroatoms. The standard InChI is InChI=1S/C18H17F2N3OS/c1-24-11-10-23-12-21-22-18(23)25-17(13-2-6-15(19)7-3-13)14-4-8-16(20)9-5-14/h2-9,12,17H,10-11H2,1H3. The number of hydrogen-bond donors (Lipinski definition) is 0. The van der Waals surface area contributed by atoms with Gasteiger partial charge in [0.1, 0.15) is 18.0 Å². The summed E-state index contributed by atoms with van der Waals surface area (Å²) in [4.78, 5) is 0. The first kappa shape index (κ1) is 17.6. The summed E-state index contributed by atoms with van der Waals surface area (Å²) in [5.74, 6) is -0.593. The summed E-state index contributed by atoms with van der Waals surface area (Å²) >= 11 is 1.48. The van der Waals surface area contributed by atoms with Gasteiger partial charge < -0.3 is 9.30 Å². The van der Waals surface area contributed by atoms with E-state index in [2.05, 4.69) is 10.2 Å². The number of hydrogen-bond acceptors (Lipinski definition) is 4. The van der Waals surface area contributed by atoms with E-state index in [9.17, 15) is 8.78 Å². The van der Waals surface area contributed by atoms with Gasteiger partial charge in [-0.25, -0.2) is 8.78 Å². The highest BCUT2D eigenvalue weighted by Crippen LogP contribution is 2.39. The monoisotopic (exact) mass is 361 g/mol. The Bertz CT molecular complexity index is 760. The SMILES string of the molecule is COCCn1cnnc1SC(c1ccc(F)cc1)c1ccc(F)cc1. The second kappa shape index (κ2) is 8.22. The normalized spacial score (nSPS) is 11.2. The van der Waals surface area contributed by atoms with Crippen LogP contribution >= 0.6 is 11.8 Å². The number of aromatic nitrogens is 3. The molecular formula is C18H17F2N3OS. The molecule has 0 radical (unpaired) electrons. The van der Waals surface area contributed by atoms with E-state index in [-0.39, 0.29) is 16.9 Å². The van der Waals surface area contributed by atoms with Crippen molar-refractivity contribution in [1.82, 2.24) is 14.8 Å². The fraction of sp³-hybridized carbons (Fsp3) is 0.222. The first-order valence-electron chi connectivity index (χ1n) is 7.71. The van der Waals surface area contributed by atoms with Crippen molar-refractivity contribution in [1.29, 1.82) is 0 Å². The molecule has 25 heavy (non-hydrogen) atoms. The second-order valence-corrected chi connectivity index (χ2v) is 6.47. The Hall–Kier alpha value is -2.25. The minimum Gasteiger partial charge on any atom is -0.383 e. The molecule has 0 aliphatic rings. The summed E-state index contributed by atoms with van der Waals surface area (Å²) in [5.41, 5.74) is 1.80. The van der Waals surface area contributed by atoms with Crippen LogP contribution in [0.25, 0.3) is 0 Å². The van der Waals surface area contributed by atoms with E-state index in [1.54, 1.807) is 37.7 Å². The van der Waals surface area contributed by atoms with Gasteiger partial charge in [-0.15, -0.1) is 10.2 Å². The van der Waals surface area contributed by atoms with Gasteiger partial charge in [-0.3, -0.25) is 0 Å². The molecule has 4 nitrogen and oxygen atoms in total. The molecule has 0 aliphatic heterocycles. The molecular weight excluding hydrogens is 344 g/mol. The summed E-state index contributed by atoms with van der Waals surface area (Å²) in [6.07, 6.45) is 1.65. The van der Waals surface area contributed by atoms with Crippen molar-refractivity contribution in [2.45, 2.75) is 17.0 Å². The van der Waals surface area contributed by atoms with Gasteiger partial charge in [-0.05, 0) is 35.4 Å². The summed E-state index contributed by atoms with van der Waals surface area (Å²) in [6.45, 7) is 1.18. The molecule has 130 valence electrons. The highest BCUT2D eigenvalue weighted by atomic mass is 32.2. The maximum atomic E-state index is 13.3. The van der Waals surface area contributed by atoms with Gasteiger partial charge in [0.05, 0.1) is 11.9 Å². The van der Waals surface area contributed by atoms with Crippen molar-refractivity contribution in [2.75, 3.05) is 13.7 Å². The third kappa shape index (κ3) is 4.43. The summed E-state index contributed by atoms with van der Waals surface area (Å²) in [5, 5.41) is 8.69. The van der Waals surface area contributed by atoms with Crippen LogP contribution < -0.4 is 0 Å². The van der Waals surface area contributed by atoms with Crippen LogP contribution in [0.4, 0.5) is 8.78 Å². The zero-order valence-corrected chi connectivity index (χ0v) is 14.4. The van der Waals surface area contributed by atoms with Gasteiger partial charge in [-0.1, -0.05) is 36.0 Å². The molecule has 0 bridgehead atoms. The Morgan fingerprint density at radius 2 is 1.56 bits per heavy atom. The van der Waals surface area contributed by atoms with Gasteiger partial charge in [0.25, 0.3) is 0 Å². The number of ether oxygens (including phenoxy) is 1. The molecule has 0 saturated heterocycles. The molecule has 3 rings (SSSR count).